The molecule has 4 aromatic rings. The number of aryl methyl sites for hydroxylation is 1. The van der Waals surface area contributed by atoms with Crippen LogP contribution in [-0.2, 0) is 19.1 Å². The van der Waals surface area contributed by atoms with Gasteiger partial charge < -0.3 is 10.1 Å². The maximum absolute atomic E-state index is 14.1. The van der Waals surface area contributed by atoms with Gasteiger partial charge in [0.2, 0.25) is 11.8 Å². The van der Waals surface area contributed by atoms with Crippen molar-refractivity contribution in [2.24, 2.45) is 11.8 Å². The Morgan fingerprint density at radius 2 is 1.20 bits per heavy atom. The summed E-state index contributed by atoms with van der Waals surface area (Å²) < 4.78 is 5.33. The summed E-state index contributed by atoms with van der Waals surface area (Å²) in [5.74, 6) is -3.56. The Labute approximate surface area is 236 Å². The standard InChI is InChI=1S/C34H26N2O5/c1-19-14-16-20(17-15-19)35-27(37)18-41-34(40)25-12-6-7-13-26(25)36-32(38)30-28-21-8-2-3-9-22(21)29(31(30)33(36)39)24-11-5-4-10-23(24)28/h2-17,28-31H,18H2,1H3,(H,35,37)/t28?,29?,30-,31+. The van der Waals surface area contributed by atoms with E-state index in [2.05, 4.69) is 5.32 Å². The smallest absolute Gasteiger partial charge is 0.340 e. The zero-order valence-corrected chi connectivity index (χ0v) is 22.2. The third kappa shape index (κ3) is 3.88. The van der Waals surface area contributed by atoms with Gasteiger partial charge in [-0.05, 0) is 53.4 Å². The van der Waals surface area contributed by atoms with E-state index in [9.17, 15) is 19.2 Å². The Balaban J connectivity index is 1.18. The van der Waals surface area contributed by atoms with Gasteiger partial charge in [-0.1, -0.05) is 78.4 Å². The SMILES string of the molecule is Cc1ccc(NC(=O)COC(=O)c2ccccc2N2C(=O)[C@@H]3C4c5ccccc5C(c5ccccc54)[C@@H]3C2=O)cc1. The maximum atomic E-state index is 14.1. The highest BCUT2D eigenvalue weighted by molar-refractivity contribution is 6.25. The van der Waals surface area contributed by atoms with Crippen LogP contribution in [0.3, 0.4) is 0 Å². The van der Waals surface area contributed by atoms with Crippen LogP contribution in [0.25, 0.3) is 0 Å². The summed E-state index contributed by atoms with van der Waals surface area (Å²) in [6.45, 7) is 1.43. The fourth-order valence-electron chi connectivity index (χ4n) is 6.80. The minimum Gasteiger partial charge on any atom is -0.452 e. The van der Waals surface area contributed by atoms with Crippen LogP contribution in [0.5, 0.6) is 0 Å². The first-order chi connectivity index (χ1) is 19.9. The zero-order valence-electron chi connectivity index (χ0n) is 22.2. The van der Waals surface area contributed by atoms with Crippen molar-refractivity contribution in [2.75, 3.05) is 16.8 Å². The lowest BCUT2D eigenvalue weighted by Crippen LogP contribution is -2.41. The Hall–Kier alpha value is -5.04. The maximum Gasteiger partial charge on any atom is 0.340 e. The number of hydrogen-bond donors (Lipinski definition) is 1. The van der Waals surface area contributed by atoms with Crippen LogP contribution in [0, 0.1) is 18.8 Å². The molecule has 7 nitrogen and oxygen atoms in total. The summed E-state index contributed by atoms with van der Waals surface area (Å²) >= 11 is 0. The van der Waals surface area contributed by atoms with Crippen LogP contribution in [0.2, 0.25) is 0 Å². The van der Waals surface area contributed by atoms with Crippen molar-refractivity contribution < 1.29 is 23.9 Å². The average Bonchev–Trinajstić information content (AvgIpc) is 3.27. The molecular weight excluding hydrogens is 516 g/mol. The van der Waals surface area contributed by atoms with Crippen molar-refractivity contribution in [1.82, 2.24) is 0 Å². The lowest BCUT2D eigenvalue weighted by atomic mass is 9.55. The molecule has 4 aliphatic rings. The fourth-order valence-corrected chi connectivity index (χ4v) is 6.80. The molecule has 3 amide bonds. The van der Waals surface area contributed by atoms with Gasteiger partial charge in [0.05, 0.1) is 23.1 Å². The number of amides is 3. The molecule has 41 heavy (non-hydrogen) atoms. The minimum absolute atomic E-state index is 0.0540. The summed E-state index contributed by atoms with van der Waals surface area (Å²) in [5.41, 5.74) is 6.18. The number of benzene rings is 4. The molecule has 1 N–H and O–H groups in total. The average molecular weight is 543 g/mol. The Bertz CT molecular complexity index is 1630. The third-order valence-corrected chi connectivity index (χ3v) is 8.48. The molecule has 1 saturated heterocycles. The van der Waals surface area contributed by atoms with Crippen molar-refractivity contribution in [1.29, 1.82) is 0 Å². The van der Waals surface area contributed by atoms with Gasteiger partial charge in [0.25, 0.3) is 5.91 Å². The topological polar surface area (TPSA) is 92.8 Å². The number of carbonyl (C=O) groups excluding carboxylic acids is 4. The van der Waals surface area contributed by atoms with E-state index in [0.29, 0.717) is 5.69 Å². The van der Waals surface area contributed by atoms with Crippen molar-refractivity contribution in [3.05, 3.63) is 130 Å². The van der Waals surface area contributed by atoms with E-state index in [1.807, 2.05) is 67.6 Å². The molecule has 2 atom stereocenters. The molecule has 0 aromatic heterocycles. The van der Waals surface area contributed by atoms with Gasteiger partial charge in [-0.15, -0.1) is 0 Å². The first-order valence-electron chi connectivity index (χ1n) is 13.6. The summed E-state index contributed by atoms with van der Waals surface area (Å²) in [5, 5.41) is 2.69. The molecule has 3 aliphatic carbocycles. The molecule has 1 aliphatic heterocycles. The molecule has 0 unspecified atom stereocenters. The molecule has 202 valence electrons. The Kier molecular flexibility index (Phi) is 5.82. The molecule has 1 fully saturated rings. The lowest BCUT2D eigenvalue weighted by molar-refractivity contribution is -0.122. The number of imide groups is 1. The van der Waals surface area contributed by atoms with Crippen molar-refractivity contribution in [2.45, 2.75) is 18.8 Å². The normalized spacial score (nSPS) is 21.6. The molecule has 4 aromatic carbocycles. The van der Waals surface area contributed by atoms with Gasteiger partial charge >= 0.3 is 5.97 Å². The van der Waals surface area contributed by atoms with Crippen molar-refractivity contribution in [3.8, 4) is 0 Å². The van der Waals surface area contributed by atoms with Crippen LogP contribution in [-0.4, -0.2) is 30.3 Å². The van der Waals surface area contributed by atoms with E-state index >= 15 is 0 Å². The molecule has 8 rings (SSSR count). The molecule has 1 heterocycles. The van der Waals surface area contributed by atoms with Gasteiger partial charge in [-0.3, -0.25) is 14.4 Å². The highest BCUT2D eigenvalue weighted by atomic mass is 16.5. The van der Waals surface area contributed by atoms with Crippen LogP contribution >= 0.6 is 0 Å². The summed E-state index contributed by atoms with van der Waals surface area (Å²) in [6.07, 6.45) is 0. The van der Waals surface area contributed by atoms with Crippen molar-refractivity contribution >= 4 is 35.1 Å². The number of esters is 1. The molecule has 7 heteroatoms. The number of ether oxygens (including phenoxy) is 1. The lowest BCUT2D eigenvalue weighted by Gasteiger charge is -2.45. The number of rotatable bonds is 5. The molecule has 2 bridgehead atoms. The van der Waals surface area contributed by atoms with E-state index in [-0.39, 0.29) is 34.9 Å². The van der Waals surface area contributed by atoms with Crippen LogP contribution in [0.4, 0.5) is 11.4 Å². The monoisotopic (exact) mass is 542 g/mol. The van der Waals surface area contributed by atoms with Gasteiger partial charge in [-0.2, -0.15) is 0 Å². The molecule has 0 spiro atoms. The first kappa shape index (κ1) is 25.0. The largest absolute Gasteiger partial charge is 0.452 e. The summed E-state index contributed by atoms with van der Waals surface area (Å²) in [7, 11) is 0. The highest BCUT2D eigenvalue weighted by Gasteiger charge is 2.62. The molecule has 0 radical (unpaired) electrons. The molecule has 0 saturated carbocycles. The molecular formula is C34H26N2O5. The number of para-hydroxylation sites is 1. The quantitative estimate of drug-likeness (QED) is 0.277. The predicted molar refractivity (Wildman–Crippen MR) is 153 cm³/mol. The number of hydrogen-bond acceptors (Lipinski definition) is 5. The van der Waals surface area contributed by atoms with E-state index in [1.54, 1.807) is 30.3 Å². The fraction of sp³-hybridized carbons (Fsp3) is 0.176. The number of nitrogens with zero attached hydrogens (tertiary/aromatic N) is 1. The van der Waals surface area contributed by atoms with E-state index in [4.69, 9.17) is 4.74 Å². The summed E-state index contributed by atoms with van der Waals surface area (Å²) in [4.78, 5) is 55.0. The Morgan fingerprint density at radius 3 is 1.73 bits per heavy atom. The van der Waals surface area contributed by atoms with Gasteiger partial charge in [0, 0.05) is 17.5 Å². The predicted octanol–water partition coefficient (Wildman–Crippen LogP) is 5.19. The van der Waals surface area contributed by atoms with Gasteiger partial charge in [0.1, 0.15) is 0 Å². The second-order valence-electron chi connectivity index (χ2n) is 10.8. The van der Waals surface area contributed by atoms with Gasteiger partial charge in [-0.25, -0.2) is 9.69 Å². The third-order valence-electron chi connectivity index (χ3n) is 8.48. The number of anilines is 2. The first-order valence-corrected chi connectivity index (χ1v) is 13.6. The minimum atomic E-state index is -0.787. The number of nitrogens with one attached hydrogen (secondary N) is 1. The van der Waals surface area contributed by atoms with E-state index < -0.39 is 30.3 Å². The highest BCUT2D eigenvalue weighted by Crippen LogP contribution is 2.61. The van der Waals surface area contributed by atoms with Gasteiger partial charge in [0.15, 0.2) is 6.61 Å². The summed E-state index contributed by atoms with van der Waals surface area (Å²) in [6, 6.07) is 29.7. The zero-order chi connectivity index (χ0) is 28.2. The second kappa shape index (κ2) is 9.55. The second-order valence-corrected chi connectivity index (χ2v) is 10.8. The van der Waals surface area contributed by atoms with E-state index in [1.165, 1.54) is 6.07 Å². The van der Waals surface area contributed by atoms with E-state index in [0.717, 1.165) is 32.7 Å². The van der Waals surface area contributed by atoms with Crippen LogP contribution in [0.1, 0.15) is 50.0 Å². The number of carbonyl (C=O) groups is 4. The van der Waals surface area contributed by atoms with Crippen LogP contribution in [0.15, 0.2) is 97.1 Å². The van der Waals surface area contributed by atoms with Crippen molar-refractivity contribution in [3.63, 3.8) is 0 Å². The van der Waals surface area contributed by atoms with Crippen LogP contribution < -0.4 is 10.2 Å². The Morgan fingerprint density at radius 1 is 0.707 bits per heavy atom.